The minimum Gasteiger partial charge on any atom is -0.508 e. The molecule has 8 heteroatoms. The van der Waals surface area contributed by atoms with Gasteiger partial charge in [-0.05, 0) is 81.6 Å². The number of hydrogen-bond acceptors (Lipinski definition) is 4. The molecule has 0 radical (unpaired) electrons. The summed E-state index contributed by atoms with van der Waals surface area (Å²) in [6, 6.07) is 9.49. The summed E-state index contributed by atoms with van der Waals surface area (Å²) in [5.41, 5.74) is 0.374. The molecule has 0 aliphatic rings. The Kier molecular flexibility index (Phi) is 5.45. The molecular weight excluding hydrogens is 516 g/mol. The number of hydrogen-bond donors (Lipinski definition) is 3. The molecule has 0 spiro atoms. The molecule has 2 aromatic carbocycles. The van der Waals surface area contributed by atoms with Crippen LogP contribution in [0.1, 0.15) is 0 Å². The van der Waals surface area contributed by atoms with Crippen molar-refractivity contribution in [3.05, 3.63) is 43.5 Å². The molecule has 6 nitrogen and oxygen atoms in total. The predicted octanol–water partition coefficient (Wildman–Crippen LogP) is 3.42. The number of carboxylic acid groups (broad SMARTS) is 1. The first-order valence-corrected chi connectivity index (χ1v) is 8.03. The zero-order chi connectivity index (χ0) is 16.3. The Morgan fingerprint density at radius 2 is 1.59 bits per heavy atom. The van der Waals surface area contributed by atoms with E-state index in [2.05, 4.69) is 5.32 Å². The van der Waals surface area contributed by atoms with Crippen LogP contribution in [0.5, 0.6) is 17.2 Å². The first-order chi connectivity index (χ1) is 10.4. The van der Waals surface area contributed by atoms with Crippen LogP contribution in [0.2, 0.25) is 0 Å². The van der Waals surface area contributed by atoms with E-state index < -0.39 is 11.9 Å². The van der Waals surface area contributed by atoms with Crippen molar-refractivity contribution in [2.45, 2.75) is 0 Å². The lowest BCUT2D eigenvalue weighted by Crippen LogP contribution is -2.21. The zero-order valence-electron chi connectivity index (χ0n) is 10.8. The summed E-state index contributed by atoms with van der Waals surface area (Å²) >= 11 is 4.06. The van der Waals surface area contributed by atoms with Gasteiger partial charge in [0.2, 0.25) is 0 Å². The second-order valence-corrected chi connectivity index (χ2v) is 6.45. The van der Waals surface area contributed by atoms with Crippen LogP contribution in [0.4, 0.5) is 5.69 Å². The molecule has 0 aliphatic heterocycles. The fourth-order valence-corrected chi connectivity index (χ4v) is 3.53. The monoisotopic (exact) mass is 525 g/mol. The summed E-state index contributed by atoms with van der Waals surface area (Å²) in [6.07, 6.45) is 0. The second-order valence-electron chi connectivity index (χ2n) is 4.12. The van der Waals surface area contributed by atoms with Crippen LogP contribution in [-0.4, -0.2) is 22.1 Å². The van der Waals surface area contributed by atoms with Crippen LogP contribution in [0.15, 0.2) is 36.4 Å². The van der Waals surface area contributed by atoms with Gasteiger partial charge in [0.05, 0.1) is 7.14 Å². The molecule has 1 amide bonds. The normalized spacial score (nSPS) is 10.1. The molecule has 2 rings (SSSR count). The lowest BCUT2D eigenvalue weighted by atomic mass is 10.3. The molecule has 0 unspecified atom stereocenters. The van der Waals surface area contributed by atoms with Crippen molar-refractivity contribution in [3.63, 3.8) is 0 Å². The summed E-state index contributed by atoms with van der Waals surface area (Å²) in [5.74, 6) is -1.37. The van der Waals surface area contributed by atoms with Gasteiger partial charge < -0.3 is 20.3 Å². The number of anilines is 1. The van der Waals surface area contributed by atoms with Crippen molar-refractivity contribution >= 4 is 62.7 Å². The number of aromatic hydroxyl groups is 1. The quantitative estimate of drug-likeness (QED) is 0.422. The molecule has 0 saturated heterocycles. The molecule has 0 heterocycles. The van der Waals surface area contributed by atoms with Gasteiger partial charge in [-0.25, -0.2) is 4.79 Å². The number of halogens is 2. The molecule has 0 aromatic heterocycles. The Morgan fingerprint density at radius 3 is 2.09 bits per heavy atom. The average Bonchev–Trinajstić information content (AvgIpc) is 2.44. The summed E-state index contributed by atoms with van der Waals surface area (Å²) < 4.78 is 7.16. The number of phenols is 1. The van der Waals surface area contributed by atoms with E-state index in [0.717, 1.165) is 0 Å². The second kappa shape index (κ2) is 7.13. The van der Waals surface area contributed by atoms with E-state index >= 15 is 0 Å². The Bertz CT molecular complexity index is 708. The Labute approximate surface area is 152 Å². The first kappa shape index (κ1) is 16.8. The van der Waals surface area contributed by atoms with E-state index in [4.69, 9.17) is 9.84 Å². The van der Waals surface area contributed by atoms with Gasteiger partial charge in [0, 0.05) is 5.69 Å². The summed E-state index contributed by atoms with van der Waals surface area (Å²) in [5, 5.41) is 20.1. The smallest absolute Gasteiger partial charge is 0.394 e. The van der Waals surface area contributed by atoms with Gasteiger partial charge in [-0.1, -0.05) is 0 Å². The van der Waals surface area contributed by atoms with Crippen molar-refractivity contribution in [2.24, 2.45) is 0 Å². The van der Waals surface area contributed by atoms with E-state index in [0.29, 0.717) is 24.3 Å². The summed E-state index contributed by atoms with van der Waals surface area (Å²) in [6.45, 7) is 0. The number of phenolic OH excluding ortho intramolecular Hbond substituents is 1. The van der Waals surface area contributed by atoms with Gasteiger partial charge >= 0.3 is 11.9 Å². The van der Waals surface area contributed by atoms with E-state index in [1.165, 1.54) is 12.1 Å². The van der Waals surface area contributed by atoms with Crippen molar-refractivity contribution in [1.82, 2.24) is 0 Å². The lowest BCUT2D eigenvalue weighted by Gasteiger charge is -2.12. The molecule has 2 aromatic rings. The van der Waals surface area contributed by atoms with Crippen LogP contribution in [0.3, 0.4) is 0 Å². The van der Waals surface area contributed by atoms with Gasteiger partial charge in [0.15, 0.2) is 5.75 Å². The number of aliphatic carboxylic acids is 1. The molecular formula is C14H9I2NO5. The fraction of sp³-hybridized carbons (Fsp3) is 0. The molecule has 114 valence electrons. The van der Waals surface area contributed by atoms with Gasteiger partial charge in [-0.2, -0.15) is 0 Å². The third-order valence-corrected chi connectivity index (χ3v) is 4.11. The number of amides is 1. The van der Waals surface area contributed by atoms with E-state index in [1.807, 2.05) is 45.2 Å². The maximum absolute atomic E-state index is 11.2. The third kappa shape index (κ3) is 4.22. The minimum atomic E-state index is -1.55. The predicted molar refractivity (Wildman–Crippen MR) is 96.3 cm³/mol. The molecule has 0 aliphatic carbocycles. The van der Waals surface area contributed by atoms with Crippen LogP contribution in [-0.2, 0) is 9.59 Å². The minimum absolute atomic E-state index is 0.142. The standard InChI is InChI=1S/C14H9I2NO5/c15-10-5-7(17-13(19)14(20)21)6-11(16)12(10)22-9-3-1-8(18)2-4-9/h1-6,18H,(H,17,19)(H,20,21). The Hall–Kier alpha value is -1.56. The number of rotatable bonds is 3. The van der Waals surface area contributed by atoms with Crippen molar-refractivity contribution in [1.29, 1.82) is 0 Å². The van der Waals surface area contributed by atoms with Crippen LogP contribution < -0.4 is 10.1 Å². The number of carboxylic acids is 1. The first-order valence-electron chi connectivity index (χ1n) is 5.87. The van der Waals surface area contributed by atoms with Gasteiger partial charge in [0.1, 0.15) is 11.5 Å². The fourth-order valence-electron chi connectivity index (χ4n) is 1.55. The van der Waals surface area contributed by atoms with Gasteiger partial charge in [0.25, 0.3) is 0 Å². The highest BCUT2D eigenvalue weighted by molar-refractivity contribution is 14.1. The van der Waals surface area contributed by atoms with E-state index in [-0.39, 0.29) is 5.75 Å². The molecule has 0 saturated carbocycles. The van der Waals surface area contributed by atoms with Crippen LogP contribution in [0.25, 0.3) is 0 Å². The summed E-state index contributed by atoms with van der Waals surface area (Å²) in [7, 11) is 0. The lowest BCUT2D eigenvalue weighted by molar-refractivity contribution is -0.147. The van der Waals surface area contributed by atoms with E-state index in [9.17, 15) is 14.7 Å². The molecule has 0 fully saturated rings. The van der Waals surface area contributed by atoms with Crippen molar-refractivity contribution in [2.75, 3.05) is 5.32 Å². The number of carbonyl (C=O) groups excluding carboxylic acids is 1. The Morgan fingerprint density at radius 1 is 1.05 bits per heavy atom. The number of ether oxygens (including phenoxy) is 1. The topological polar surface area (TPSA) is 95.9 Å². The number of benzene rings is 2. The zero-order valence-corrected chi connectivity index (χ0v) is 15.2. The number of nitrogens with one attached hydrogen (secondary N) is 1. The average molecular weight is 525 g/mol. The third-order valence-electron chi connectivity index (χ3n) is 2.51. The van der Waals surface area contributed by atoms with Crippen molar-refractivity contribution < 1.29 is 24.5 Å². The molecule has 22 heavy (non-hydrogen) atoms. The summed E-state index contributed by atoms with van der Waals surface area (Å²) in [4.78, 5) is 21.7. The van der Waals surface area contributed by atoms with Gasteiger partial charge in [-0.15, -0.1) is 0 Å². The SMILES string of the molecule is O=C(O)C(=O)Nc1cc(I)c(Oc2ccc(O)cc2)c(I)c1. The maximum Gasteiger partial charge on any atom is 0.394 e. The maximum atomic E-state index is 11.2. The van der Waals surface area contributed by atoms with Crippen LogP contribution in [0, 0.1) is 7.14 Å². The molecule has 3 N–H and O–H groups in total. The Balaban J connectivity index is 2.25. The van der Waals surface area contributed by atoms with Crippen molar-refractivity contribution in [3.8, 4) is 17.2 Å². The highest BCUT2D eigenvalue weighted by Gasteiger charge is 2.15. The highest BCUT2D eigenvalue weighted by atomic mass is 127. The van der Waals surface area contributed by atoms with Crippen LogP contribution >= 0.6 is 45.2 Å². The molecule has 0 atom stereocenters. The van der Waals surface area contributed by atoms with Gasteiger partial charge in [-0.3, -0.25) is 4.79 Å². The molecule has 0 bridgehead atoms. The highest BCUT2D eigenvalue weighted by Crippen LogP contribution is 2.34. The number of carbonyl (C=O) groups is 2. The van der Waals surface area contributed by atoms with E-state index in [1.54, 1.807) is 24.3 Å². The largest absolute Gasteiger partial charge is 0.508 e.